The third-order valence-electron chi connectivity index (χ3n) is 5.97. The quantitative estimate of drug-likeness (QED) is 0.824. The fraction of sp³-hybridized carbons (Fsp3) is 0.455. The number of aromatic nitrogens is 2. The van der Waals surface area contributed by atoms with Crippen LogP contribution in [0.4, 0.5) is 5.82 Å². The zero-order valence-electron chi connectivity index (χ0n) is 16.3. The van der Waals surface area contributed by atoms with Crippen molar-refractivity contribution in [2.75, 3.05) is 24.5 Å². The lowest BCUT2D eigenvalue weighted by atomic mass is 9.73. The number of amides is 1. The molecule has 0 radical (unpaired) electrons. The first-order valence-corrected chi connectivity index (χ1v) is 9.88. The van der Waals surface area contributed by atoms with Crippen LogP contribution in [0, 0.1) is 23.7 Å². The van der Waals surface area contributed by atoms with Gasteiger partial charge < -0.3 is 9.80 Å². The average Bonchev–Trinajstić information content (AvgIpc) is 2.72. The van der Waals surface area contributed by atoms with E-state index in [4.69, 9.17) is 0 Å². The molecule has 1 spiro atoms. The third kappa shape index (κ3) is 3.70. The van der Waals surface area contributed by atoms with Gasteiger partial charge in [-0.15, -0.1) is 0 Å². The maximum Gasteiger partial charge on any atom is 0.222 e. The van der Waals surface area contributed by atoms with Gasteiger partial charge in [-0.2, -0.15) is 5.26 Å². The van der Waals surface area contributed by atoms with E-state index in [0.29, 0.717) is 18.5 Å². The fourth-order valence-electron chi connectivity index (χ4n) is 4.55. The molecule has 6 nitrogen and oxygen atoms in total. The molecular formula is C22H25N5O. The summed E-state index contributed by atoms with van der Waals surface area (Å²) in [5.41, 5.74) is 2.73. The molecule has 2 saturated heterocycles. The Balaban J connectivity index is 1.55. The highest BCUT2D eigenvalue weighted by atomic mass is 16.2. The van der Waals surface area contributed by atoms with Crippen LogP contribution in [0.25, 0.3) is 0 Å². The van der Waals surface area contributed by atoms with Gasteiger partial charge in [-0.1, -0.05) is 0 Å². The Morgan fingerprint density at radius 1 is 1.18 bits per heavy atom. The van der Waals surface area contributed by atoms with E-state index in [0.717, 1.165) is 56.0 Å². The molecule has 144 valence electrons. The molecule has 0 bridgehead atoms. The van der Waals surface area contributed by atoms with Gasteiger partial charge in [0.1, 0.15) is 11.9 Å². The maximum absolute atomic E-state index is 12.6. The number of pyridine rings is 2. The van der Waals surface area contributed by atoms with Crippen molar-refractivity contribution >= 4 is 11.7 Å². The predicted molar refractivity (Wildman–Crippen MR) is 106 cm³/mol. The van der Waals surface area contributed by atoms with Crippen molar-refractivity contribution in [2.45, 2.75) is 39.2 Å². The summed E-state index contributed by atoms with van der Waals surface area (Å²) in [6, 6.07) is 9.97. The SMILES string of the molecule is Cc1ccc(C#N)c(N2CCCC3(CCC(=O)N(Cc4ccncc4)C3)C2)n1. The van der Waals surface area contributed by atoms with Gasteiger partial charge in [0.05, 0.1) is 5.56 Å². The number of piperidine rings is 2. The fourth-order valence-corrected chi connectivity index (χ4v) is 4.55. The van der Waals surface area contributed by atoms with Crippen LogP contribution in [0.2, 0.25) is 0 Å². The molecule has 4 heterocycles. The van der Waals surface area contributed by atoms with Crippen molar-refractivity contribution in [1.29, 1.82) is 5.26 Å². The molecule has 0 N–H and O–H groups in total. The Hall–Kier alpha value is -2.94. The van der Waals surface area contributed by atoms with E-state index < -0.39 is 0 Å². The molecule has 1 unspecified atom stereocenters. The van der Waals surface area contributed by atoms with Crippen LogP contribution in [-0.4, -0.2) is 40.4 Å². The van der Waals surface area contributed by atoms with Crippen molar-refractivity contribution in [3.8, 4) is 6.07 Å². The van der Waals surface area contributed by atoms with E-state index in [1.807, 2.05) is 36.1 Å². The minimum Gasteiger partial charge on any atom is -0.355 e. The first-order valence-electron chi connectivity index (χ1n) is 9.88. The van der Waals surface area contributed by atoms with Crippen molar-refractivity contribution in [1.82, 2.24) is 14.9 Å². The number of carbonyl (C=O) groups excluding carboxylic acids is 1. The summed E-state index contributed by atoms with van der Waals surface area (Å²) in [4.78, 5) is 25.5. The van der Waals surface area contributed by atoms with Gasteiger partial charge in [-0.25, -0.2) is 4.98 Å². The van der Waals surface area contributed by atoms with Crippen LogP contribution >= 0.6 is 0 Å². The number of anilines is 1. The summed E-state index contributed by atoms with van der Waals surface area (Å²) < 4.78 is 0. The van der Waals surface area contributed by atoms with Gasteiger partial charge in [0.25, 0.3) is 0 Å². The van der Waals surface area contributed by atoms with Crippen LogP contribution in [0.15, 0.2) is 36.7 Å². The summed E-state index contributed by atoms with van der Waals surface area (Å²) in [6.07, 6.45) is 7.20. The first kappa shape index (κ1) is 18.4. The molecule has 2 aliphatic heterocycles. The van der Waals surface area contributed by atoms with Crippen LogP contribution in [0.5, 0.6) is 0 Å². The topological polar surface area (TPSA) is 73.1 Å². The van der Waals surface area contributed by atoms with Crippen LogP contribution in [0.1, 0.15) is 42.5 Å². The minimum absolute atomic E-state index is 0.0668. The van der Waals surface area contributed by atoms with Gasteiger partial charge in [0.15, 0.2) is 0 Å². The van der Waals surface area contributed by atoms with Crippen molar-refractivity contribution in [3.63, 3.8) is 0 Å². The van der Waals surface area contributed by atoms with Crippen LogP contribution < -0.4 is 4.90 Å². The summed E-state index contributed by atoms with van der Waals surface area (Å²) >= 11 is 0. The Morgan fingerprint density at radius 2 is 2.00 bits per heavy atom. The zero-order chi connectivity index (χ0) is 19.6. The molecule has 2 aromatic rings. The third-order valence-corrected chi connectivity index (χ3v) is 5.97. The highest BCUT2D eigenvalue weighted by molar-refractivity contribution is 5.77. The number of likely N-dealkylation sites (tertiary alicyclic amines) is 1. The number of nitrogens with zero attached hydrogens (tertiary/aromatic N) is 5. The summed E-state index contributed by atoms with van der Waals surface area (Å²) in [5, 5.41) is 9.51. The first-order chi connectivity index (χ1) is 13.6. The molecule has 4 rings (SSSR count). The molecule has 1 atom stereocenters. The molecule has 2 aliphatic rings. The van der Waals surface area contributed by atoms with Crippen LogP contribution in [-0.2, 0) is 11.3 Å². The second-order valence-corrected chi connectivity index (χ2v) is 8.07. The number of rotatable bonds is 3. The van der Waals surface area contributed by atoms with E-state index in [1.54, 1.807) is 12.4 Å². The lowest BCUT2D eigenvalue weighted by molar-refractivity contribution is -0.138. The Kier molecular flexibility index (Phi) is 4.99. The molecule has 1 amide bonds. The molecule has 0 saturated carbocycles. The molecule has 0 aromatic carbocycles. The van der Waals surface area contributed by atoms with E-state index in [2.05, 4.69) is 20.9 Å². The standard InChI is InChI=1S/C22H25N5O/c1-17-3-4-19(13-23)21(25-17)26-12-2-8-22(15-26)9-5-20(28)27(16-22)14-18-6-10-24-11-7-18/h3-4,6-7,10-11H,2,5,8-9,12,14-16H2,1H3. The summed E-state index contributed by atoms with van der Waals surface area (Å²) in [7, 11) is 0. The summed E-state index contributed by atoms with van der Waals surface area (Å²) in [5.74, 6) is 1.02. The largest absolute Gasteiger partial charge is 0.355 e. The van der Waals surface area contributed by atoms with Crippen molar-refractivity contribution < 1.29 is 4.79 Å². The molecule has 6 heteroatoms. The number of nitriles is 1. The number of hydrogen-bond donors (Lipinski definition) is 0. The molecule has 2 fully saturated rings. The number of hydrogen-bond acceptors (Lipinski definition) is 5. The lowest BCUT2D eigenvalue weighted by Gasteiger charge is -2.48. The van der Waals surface area contributed by atoms with E-state index in [1.165, 1.54) is 0 Å². The van der Waals surface area contributed by atoms with Crippen molar-refractivity contribution in [3.05, 3.63) is 53.5 Å². The normalized spacial score (nSPS) is 22.4. The average molecular weight is 375 g/mol. The zero-order valence-corrected chi connectivity index (χ0v) is 16.3. The Morgan fingerprint density at radius 3 is 2.79 bits per heavy atom. The van der Waals surface area contributed by atoms with Crippen molar-refractivity contribution in [2.24, 2.45) is 5.41 Å². The van der Waals surface area contributed by atoms with Gasteiger partial charge in [-0.05, 0) is 56.0 Å². The van der Waals surface area contributed by atoms with E-state index >= 15 is 0 Å². The van der Waals surface area contributed by atoms with Gasteiger partial charge >= 0.3 is 0 Å². The van der Waals surface area contributed by atoms with Gasteiger partial charge in [0.2, 0.25) is 5.91 Å². The second-order valence-electron chi connectivity index (χ2n) is 8.07. The van der Waals surface area contributed by atoms with Crippen LogP contribution in [0.3, 0.4) is 0 Å². The monoisotopic (exact) mass is 375 g/mol. The minimum atomic E-state index is 0.0668. The molecule has 28 heavy (non-hydrogen) atoms. The highest BCUT2D eigenvalue weighted by Gasteiger charge is 2.42. The Bertz CT molecular complexity index is 907. The second kappa shape index (κ2) is 7.59. The smallest absolute Gasteiger partial charge is 0.222 e. The van der Waals surface area contributed by atoms with E-state index in [9.17, 15) is 10.1 Å². The van der Waals surface area contributed by atoms with Gasteiger partial charge in [-0.3, -0.25) is 9.78 Å². The highest BCUT2D eigenvalue weighted by Crippen LogP contribution is 2.40. The Labute approximate surface area is 165 Å². The summed E-state index contributed by atoms with van der Waals surface area (Å²) in [6.45, 7) is 5.11. The van der Waals surface area contributed by atoms with Gasteiger partial charge in [0, 0.05) is 56.1 Å². The molecular weight excluding hydrogens is 350 g/mol. The van der Waals surface area contributed by atoms with E-state index in [-0.39, 0.29) is 11.3 Å². The number of aryl methyl sites for hydroxylation is 1. The number of carbonyl (C=O) groups is 1. The molecule has 2 aromatic heterocycles. The maximum atomic E-state index is 12.6. The lowest BCUT2D eigenvalue weighted by Crippen LogP contribution is -2.54. The predicted octanol–water partition coefficient (Wildman–Crippen LogP) is 3.07. The molecule has 0 aliphatic carbocycles.